The predicted molar refractivity (Wildman–Crippen MR) is 181 cm³/mol. The van der Waals surface area contributed by atoms with E-state index >= 15 is 0 Å². The van der Waals surface area contributed by atoms with Crippen LogP contribution in [0.2, 0.25) is 0 Å². The van der Waals surface area contributed by atoms with Crippen molar-refractivity contribution >= 4 is 57.2 Å². The summed E-state index contributed by atoms with van der Waals surface area (Å²) >= 11 is 0. The molecule has 0 aromatic heterocycles. The SMILES string of the molecule is Cc1cc(C)c(B2c3cccc4c3N3c5c(cc(N(c6ccccc6)c6ccccc6)cc5Oc5cccc2c53)O4)c(C)c1. The molecule has 0 aliphatic carbocycles. The summed E-state index contributed by atoms with van der Waals surface area (Å²) in [5.74, 6) is 3.28. The molecule has 0 radical (unpaired) electrons. The maximum atomic E-state index is 6.83. The topological polar surface area (TPSA) is 24.9 Å². The third-order valence-corrected chi connectivity index (χ3v) is 9.13. The Morgan fingerprint density at radius 2 is 1.00 bits per heavy atom. The molecule has 3 aliphatic rings. The van der Waals surface area contributed by atoms with Crippen LogP contribution in [0.25, 0.3) is 0 Å². The van der Waals surface area contributed by atoms with Crippen LogP contribution in [0, 0.1) is 20.8 Å². The molecular formula is C39H29BN2O2. The molecule has 0 saturated carbocycles. The molecule has 4 nitrogen and oxygen atoms in total. The first-order valence-electron chi connectivity index (χ1n) is 15.1. The van der Waals surface area contributed by atoms with Gasteiger partial charge in [0.15, 0.2) is 23.0 Å². The zero-order valence-corrected chi connectivity index (χ0v) is 24.8. The molecule has 0 amide bonds. The van der Waals surface area contributed by atoms with E-state index in [-0.39, 0.29) is 6.71 Å². The second kappa shape index (κ2) is 9.29. The van der Waals surface area contributed by atoms with Gasteiger partial charge in [-0.25, -0.2) is 0 Å². The Balaban J connectivity index is 1.28. The lowest BCUT2D eigenvalue weighted by Gasteiger charge is -2.45. The van der Waals surface area contributed by atoms with Crippen LogP contribution in [-0.2, 0) is 0 Å². The lowest BCUT2D eigenvalue weighted by Crippen LogP contribution is -2.59. The van der Waals surface area contributed by atoms with Gasteiger partial charge < -0.3 is 14.4 Å². The summed E-state index contributed by atoms with van der Waals surface area (Å²) < 4.78 is 13.7. The van der Waals surface area contributed by atoms with Crippen LogP contribution in [-0.4, -0.2) is 6.71 Å². The van der Waals surface area contributed by atoms with Crippen LogP contribution in [0.1, 0.15) is 16.7 Å². The molecular weight excluding hydrogens is 539 g/mol. The minimum absolute atomic E-state index is 0.0676. The number of para-hydroxylation sites is 4. The fraction of sp³-hybridized carbons (Fsp3) is 0.0769. The van der Waals surface area contributed by atoms with Crippen molar-refractivity contribution in [1.82, 2.24) is 0 Å². The van der Waals surface area contributed by atoms with E-state index in [0.717, 1.165) is 57.1 Å². The van der Waals surface area contributed by atoms with E-state index in [2.05, 4.69) is 140 Å². The second-order valence-corrected chi connectivity index (χ2v) is 12.0. The zero-order valence-electron chi connectivity index (χ0n) is 24.8. The normalized spacial score (nSPS) is 13.2. The number of anilines is 6. The Labute approximate surface area is 257 Å². The molecule has 3 aliphatic heterocycles. The molecule has 5 heteroatoms. The van der Waals surface area contributed by atoms with Crippen LogP contribution in [0.5, 0.6) is 23.0 Å². The number of rotatable bonds is 4. The standard InChI is InChI=1S/C39H29BN2O2/c1-24-20-25(2)36(26(3)21-24)40-30-16-10-18-32-37(30)42-38-31(40)17-11-19-33(38)44-35-23-29(22-34(43-32)39(35)42)41(27-12-6-4-7-13-27)28-14-8-5-9-15-28/h4-23H,1-3H3. The van der Waals surface area contributed by atoms with Crippen molar-refractivity contribution in [1.29, 1.82) is 0 Å². The smallest absolute Gasteiger partial charge is 0.247 e. The van der Waals surface area contributed by atoms with Gasteiger partial charge in [-0.2, -0.15) is 0 Å². The first-order valence-corrected chi connectivity index (χ1v) is 15.1. The highest BCUT2D eigenvalue weighted by Crippen LogP contribution is 2.61. The molecule has 0 saturated heterocycles. The van der Waals surface area contributed by atoms with Crippen molar-refractivity contribution in [2.75, 3.05) is 9.80 Å². The molecule has 6 aromatic carbocycles. The summed E-state index contributed by atoms with van der Waals surface area (Å²) in [6.45, 7) is 6.71. The Kier molecular flexibility index (Phi) is 5.30. The number of ether oxygens (including phenoxy) is 2. The van der Waals surface area contributed by atoms with E-state index in [4.69, 9.17) is 9.47 Å². The molecule has 0 bridgehead atoms. The highest BCUT2D eigenvalue weighted by atomic mass is 16.5. The number of hydrogen-bond acceptors (Lipinski definition) is 4. The van der Waals surface area contributed by atoms with Crippen molar-refractivity contribution in [3.8, 4) is 23.0 Å². The molecule has 9 rings (SSSR count). The van der Waals surface area contributed by atoms with Gasteiger partial charge in [-0.3, -0.25) is 4.90 Å². The molecule has 3 heterocycles. The van der Waals surface area contributed by atoms with Crippen molar-refractivity contribution in [3.05, 3.63) is 138 Å². The van der Waals surface area contributed by atoms with Gasteiger partial charge in [-0.15, -0.1) is 0 Å². The van der Waals surface area contributed by atoms with E-state index in [0.29, 0.717) is 0 Å². The van der Waals surface area contributed by atoms with Gasteiger partial charge in [0.2, 0.25) is 6.71 Å². The van der Waals surface area contributed by atoms with Gasteiger partial charge >= 0.3 is 0 Å². The maximum absolute atomic E-state index is 6.83. The van der Waals surface area contributed by atoms with Crippen molar-refractivity contribution in [2.45, 2.75) is 20.8 Å². The average Bonchev–Trinajstić information content (AvgIpc) is 3.03. The molecule has 0 spiro atoms. The third kappa shape index (κ3) is 3.53. The summed E-state index contributed by atoms with van der Waals surface area (Å²) in [5, 5.41) is 0. The second-order valence-electron chi connectivity index (χ2n) is 12.0. The summed E-state index contributed by atoms with van der Waals surface area (Å²) in [6, 6.07) is 42.7. The van der Waals surface area contributed by atoms with Crippen LogP contribution in [0.3, 0.4) is 0 Å². The third-order valence-electron chi connectivity index (χ3n) is 9.13. The molecule has 0 N–H and O–H groups in total. The summed E-state index contributed by atoms with van der Waals surface area (Å²) in [5.41, 5.74) is 14.0. The summed E-state index contributed by atoms with van der Waals surface area (Å²) in [4.78, 5) is 4.64. The highest BCUT2D eigenvalue weighted by molar-refractivity contribution is 6.98. The monoisotopic (exact) mass is 568 g/mol. The maximum Gasteiger partial charge on any atom is 0.247 e. The largest absolute Gasteiger partial charge is 0.453 e. The fourth-order valence-electron chi connectivity index (χ4n) is 7.56. The number of benzene rings is 6. The first kappa shape index (κ1) is 25.1. The van der Waals surface area contributed by atoms with Gasteiger partial charge in [0.25, 0.3) is 0 Å². The highest BCUT2D eigenvalue weighted by Gasteiger charge is 2.45. The average molecular weight is 568 g/mol. The van der Waals surface area contributed by atoms with E-state index in [1.54, 1.807) is 0 Å². The van der Waals surface area contributed by atoms with E-state index < -0.39 is 0 Å². The Morgan fingerprint density at radius 3 is 1.50 bits per heavy atom. The number of hydrogen-bond donors (Lipinski definition) is 0. The van der Waals surface area contributed by atoms with E-state index in [9.17, 15) is 0 Å². The predicted octanol–water partition coefficient (Wildman–Crippen LogP) is 8.59. The Bertz CT molecular complexity index is 1990. The lowest BCUT2D eigenvalue weighted by atomic mass is 9.33. The Morgan fingerprint density at radius 1 is 0.500 bits per heavy atom. The van der Waals surface area contributed by atoms with Crippen LogP contribution in [0.15, 0.2) is 121 Å². The molecule has 210 valence electrons. The van der Waals surface area contributed by atoms with Gasteiger partial charge in [0.05, 0.1) is 17.1 Å². The van der Waals surface area contributed by atoms with Crippen LogP contribution >= 0.6 is 0 Å². The molecule has 0 atom stereocenters. The molecule has 44 heavy (non-hydrogen) atoms. The minimum atomic E-state index is 0.0676. The van der Waals surface area contributed by atoms with Gasteiger partial charge in [0, 0.05) is 23.5 Å². The molecule has 0 fully saturated rings. The van der Waals surface area contributed by atoms with Crippen LogP contribution < -0.4 is 35.7 Å². The Hall–Kier alpha value is -5.42. The van der Waals surface area contributed by atoms with E-state index in [1.807, 2.05) is 12.1 Å². The van der Waals surface area contributed by atoms with Crippen molar-refractivity contribution in [2.24, 2.45) is 0 Å². The fourth-order valence-corrected chi connectivity index (χ4v) is 7.56. The van der Waals surface area contributed by atoms with E-state index in [1.165, 1.54) is 33.1 Å². The van der Waals surface area contributed by atoms with Gasteiger partial charge in [0.1, 0.15) is 5.69 Å². The quantitative estimate of drug-likeness (QED) is 0.199. The lowest BCUT2D eigenvalue weighted by molar-refractivity contribution is 0.446. The first-order chi connectivity index (χ1) is 21.6. The van der Waals surface area contributed by atoms with Gasteiger partial charge in [-0.05, 0) is 68.1 Å². The van der Waals surface area contributed by atoms with Crippen molar-refractivity contribution < 1.29 is 9.47 Å². The van der Waals surface area contributed by atoms with Gasteiger partial charge in [-0.1, -0.05) is 94.9 Å². The number of nitrogens with zero attached hydrogens (tertiary/aromatic N) is 2. The zero-order chi connectivity index (χ0) is 29.5. The molecule has 0 unspecified atom stereocenters. The minimum Gasteiger partial charge on any atom is -0.453 e. The van der Waals surface area contributed by atoms with Crippen molar-refractivity contribution in [3.63, 3.8) is 0 Å². The summed E-state index contributed by atoms with van der Waals surface area (Å²) in [7, 11) is 0. The number of aryl methyl sites for hydroxylation is 3. The summed E-state index contributed by atoms with van der Waals surface area (Å²) in [6.07, 6.45) is 0. The molecule has 6 aromatic rings. The van der Waals surface area contributed by atoms with Crippen LogP contribution in [0.4, 0.5) is 34.1 Å².